The van der Waals surface area contributed by atoms with Crippen LogP contribution in [0.15, 0.2) is 15.9 Å². The molecule has 2 aromatic heterocycles. The molecule has 2 aromatic rings. The molecule has 9 nitrogen and oxygen atoms in total. The Morgan fingerprint density at radius 2 is 1.93 bits per heavy atom. The van der Waals surface area contributed by atoms with Gasteiger partial charge < -0.3 is 14.6 Å². The number of amides is 1. The smallest absolute Gasteiger partial charge is 0.332 e. The van der Waals surface area contributed by atoms with Gasteiger partial charge in [-0.25, -0.2) is 9.78 Å². The maximum atomic E-state index is 12.4. The van der Waals surface area contributed by atoms with Gasteiger partial charge in [-0.05, 0) is 38.0 Å². The number of hydrogen-bond acceptors (Lipinski definition) is 5. The largest absolute Gasteiger partial charge is 0.381 e. The van der Waals surface area contributed by atoms with E-state index in [1.165, 1.54) is 22.5 Å². The van der Waals surface area contributed by atoms with Crippen molar-refractivity contribution in [3.63, 3.8) is 0 Å². The molecule has 0 bridgehead atoms. The Morgan fingerprint density at radius 1 is 1.22 bits per heavy atom. The number of imidazole rings is 1. The lowest BCUT2D eigenvalue weighted by atomic mass is 9.85. The highest BCUT2D eigenvalue weighted by molar-refractivity contribution is 5.78. The standard InChI is InChI=1S/C18H27N5O4/c1-21-16-15(17(25)22(2)18(21)26)23(11-20-16)10-14(24)19-9-8-12-4-6-13(27-3)7-5-12/h11-13H,4-10H2,1-3H3,(H,19,24). The van der Waals surface area contributed by atoms with Gasteiger partial charge in [0.25, 0.3) is 5.56 Å². The first kappa shape index (κ1) is 19.3. The van der Waals surface area contributed by atoms with E-state index >= 15 is 0 Å². The molecule has 0 saturated heterocycles. The average molecular weight is 377 g/mol. The predicted octanol–water partition coefficient (Wildman–Crippen LogP) is 0.145. The number of carbonyl (C=O) groups excluding carboxylic acids is 1. The van der Waals surface area contributed by atoms with Crippen LogP contribution in [0.5, 0.6) is 0 Å². The maximum absolute atomic E-state index is 12.4. The third kappa shape index (κ3) is 3.97. The third-order valence-corrected chi connectivity index (χ3v) is 5.53. The van der Waals surface area contributed by atoms with E-state index in [0.717, 1.165) is 36.7 Å². The van der Waals surface area contributed by atoms with Crippen LogP contribution in [-0.4, -0.2) is 44.4 Å². The Labute approximate surface area is 156 Å². The molecule has 0 aliphatic heterocycles. The molecule has 0 radical (unpaired) electrons. The first-order valence-corrected chi connectivity index (χ1v) is 9.32. The number of methoxy groups -OCH3 is 1. The Balaban J connectivity index is 1.59. The van der Waals surface area contributed by atoms with Gasteiger partial charge in [0, 0.05) is 27.7 Å². The van der Waals surface area contributed by atoms with Gasteiger partial charge in [0.15, 0.2) is 11.2 Å². The van der Waals surface area contributed by atoms with E-state index in [1.807, 2.05) is 0 Å². The van der Waals surface area contributed by atoms with Crippen LogP contribution in [0.3, 0.4) is 0 Å². The fraction of sp³-hybridized carbons (Fsp3) is 0.667. The summed E-state index contributed by atoms with van der Waals surface area (Å²) in [5.74, 6) is 0.448. The molecule has 0 spiro atoms. The van der Waals surface area contributed by atoms with E-state index in [9.17, 15) is 14.4 Å². The fourth-order valence-corrected chi connectivity index (χ4v) is 3.80. The molecular formula is C18H27N5O4. The van der Waals surface area contributed by atoms with Gasteiger partial charge in [-0.2, -0.15) is 0 Å². The lowest BCUT2D eigenvalue weighted by Crippen LogP contribution is -2.38. The Morgan fingerprint density at radius 3 is 2.59 bits per heavy atom. The van der Waals surface area contributed by atoms with Crippen LogP contribution in [0, 0.1) is 5.92 Å². The summed E-state index contributed by atoms with van der Waals surface area (Å²) in [7, 11) is 4.73. The van der Waals surface area contributed by atoms with Crippen molar-refractivity contribution in [1.82, 2.24) is 24.0 Å². The van der Waals surface area contributed by atoms with Crippen molar-refractivity contribution in [2.45, 2.75) is 44.8 Å². The number of nitrogens with zero attached hydrogens (tertiary/aromatic N) is 4. The SMILES string of the molecule is COC1CCC(CCNC(=O)Cn2cnc3c2c(=O)n(C)c(=O)n3C)CC1. The molecule has 0 unspecified atom stereocenters. The molecule has 27 heavy (non-hydrogen) atoms. The molecule has 1 aliphatic carbocycles. The normalized spacial score (nSPS) is 20.1. The molecule has 9 heteroatoms. The van der Waals surface area contributed by atoms with Crippen molar-refractivity contribution in [3.05, 3.63) is 27.2 Å². The minimum Gasteiger partial charge on any atom is -0.381 e. The van der Waals surface area contributed by atoms with Crippen molar-refractivity contribution < 1.29 is 9.53 Å². The Hall–Kier alpha value is -2.42. The number of aryl methyl sites for hydroxylation is 1. The molecule has 0 aromatic carbocycles. The molecule has 1 saturated carbocycles. The number of hydrogen-bond donors (Lipinski definition) is 1. The Kier molecular flexibility index (Phi) is 5.79. The third-order valence-electron chi connectivity index (χ3n) is 5.53. The molecule has 148 valence electrons. The predicted molar refractivity (Wildman–Crippen MR) is 101 cm³/mol. The lowest BCUT2D eigenvalue weighted by molar-refractivity contribution is -0.121. The number of ether oxygens (including phenoxy) is 1. The van der Waals surface area contributed by atoms with Crippen molar-refractivity contribution in [1.29, 1.82) is 0 Å². The molecule has 1 amide bonds. The second-order valence-electron chi connectivity index (χ2n) is 7.27. The zero-order valence-electron chi connectivity index (χ0n) is 16.1. The maximum Gasteiger partial charge on any atom is 0.332 e. The highest BCUT2D eigenvalue weighted by Crippen LogP contribution is 2.27. The van der Waals surface area contributed by atoms with E-state index in [-0.39, 0.29) is 23.6 Å². The number of aromatic nitrogens is 4. The van der Waals surface area contributed by atoms with E-state index < -0.39 is 11.2 Å². The van der Waals surface area contributed by atoms with Crippen LogP contribution in [0.25, 0.3) is 11.2 Å². The van der Waals surface area contributed by atoms with E-state index in [4.69, 9.17) is 4.74 Å². The summed E-state index contributed by atoms with van der Waals surface area (Å²) >= 11 is 0. The molecule has 2 heterocycles. The van der Waals surface area contributed by atoms with E-state index in [1.54, 1.807) is 14.2 Å². The van der Waals surface area contributed by atoms with Crippen LogP contribution in [0.4, 0.5) is 0 Å². The van der Waals surface area contributed by atoms with Gasteiger partial charge in [0.1, 0.15) is 6.54 Å². The topological polar surface area (TPSA) is 100 Å². The summed E-state index contributed by atoms with van der Waals surface area (Å²) in [4.78, 5) is 40.7. The first-order valence-electron chi connectivity index (χ1n) is 9.32. The van der Waals surface area contributed by atoms with Gasteiger partial charge in [0.05, 0.1) is 12.4 Å². The van der Waals surface area contributed by atoms with Gasteiger partial charge in [0.2, 0.25) is 5.91 Å². The Bertz CT molecular complexity index is 934. The quantitative estimate of drug-likeness (QED) is 0.772. The van der Waals surface area contributed by atoms with Crippen molar-refractivity contribution in [3.8, 4) is 0 Å². The minimum atomic E-state index is -0.451. The summed E-state index contributed by atoms with van der Waals surface area (Å²) in [6.45, 7) is 0.616. The molecule has 1 fully saturated rings. The lowest BCUT2D eigenvalue weighted by Gasteiger charge is -2.27. The zero-order chi connectivity index (χ0) is 19.6. The first-order chi connectivity index (χ1) is 12.9. The second kappa shape index (κ2) is 8.08. The van der Waals surface area contributed by atoms with Crippen LogP contribution < -0.4 is 16.6 Å². The average Bonchev–Trinajstić information content (AvgIpc) is 3.08. The van der Waals surface area contributed by atoms with E-state index in [0.29, 0.717) is 18.6 Å². The highest BCUT2D eigenvalue weighted by Gasteiger charge is 2.21. The number of fused-ring (bicyclic) bond motifs is 1. The van der Waals surface area contributed by atoms with Crippen LogP contribution in [0.2, 0.25) is 0 Å². The van der Waals surface area contributed by atoms with Crippen LogP contribution in [-0.2, 0) is 30.2 Å². The molecule has 0 atom stereocenters. The van der Waals surface area contributed by atoms with Gasteiger partial charge in [-0.1, -0.05) is 0 Å². The van der Waals surface area contributed by atoms with Gasteiger partial charge in [-0.15, -0.1) is 0 Å². The fourth-order valence-electron chi connectivity index (χ4n) is 3.80. The molecule has 1 N–H and O–H groups in total. The van der Waals surface area contributed by atoms with Crippen molar-refractivity contribution in [2.24, 2.45) is 20.0 Å². The van der Waals surface area contributed by atoms with Crippen molar-refractivity contribution in [2.75, 3.05) is 13.7 Å². The number of nitrogens with one attached hydrogen (secondary N) is 1. The van der Waals surface area contributed by atoms with Gasteiger partial charge >= 0.3 is 5.69 Å². The number of carbonyl (C=O) groups is 1. The van der Waals surface area contributed by atoms with E-state index in [2.05, 4.69) is 10.3 Å². The summed E-state index contributed by atoms with van der Waals surface area (Å²) in [6.07, 6.45) is 7.18. The summed E-state index contributed by atoms with van der Waals surface area (Å²) < 4.78 is 9.21. The molecule has 1 aliphatic rings. The molecular weight excluding hydrogens is 350 g/mol. The monoisotopic (exact) mass is 377 g/mol. The zero-order valence-corrected chi connectivity index (χ0v) is 16.1. The minimum absolute atomic E-state index is 0.000356. The number of rotatable bonds is 6. The second-order valence-corrected chi connectivity index (χ2v) is 7.27. The molecule has 3 rings (SSSR count). The van der Waals surface area contributed by atoms with Crippen LogP contribution in [0.1, 0.15) is 32.1 Å². The van der Waals surface area contributed by atoms with Crippen LogP contribution >= 0.6 is 0 Å². The highest BCUT2D eigenvalue weighted by atomic mass is 16.5. The van der Waals surface area contributed by atoms with Gasteiger partial charge in [-0.3, -0.25) is 18.7 Å². The summed E-state index contributed by atoms with van der Waals surface area (Å²) in [5, 5.41) is 2.92. The van der Waals surface area contributed by atoms with Crippen molar-refractivity contribution >= 4 is 17.1 Å². The summed E-state index contributed by atoms with van der Waals surface area (Å²) in [6, 6.07) is 0. The summed E-state index contributed by atoms with van der Waals surface area (Å²) in [5.41, 5.74) is -0.350.